The summed E-state index contributed by atoms with van der Waals surface area (Å²) in [6.07, 6.45) is 2.73. The minimum absolute atomic E-state index is 0.0210. The van der Waals surface area contributed by atoms with Crippen LogP contribution in [0.3, 0.4) is 0 Å². The first-order valence-corrected chi connectivity index (χ1v) is 10.1. The van der Waals surface area contributed by atoms with E-state index in [0.717, 1.165) is 31.2 Å². The molecule has 0 bridgehead atoms. The van der Waals surface area contributed by atoms with Crippen LogP contribution in [-0.2, 0) is 9.59 Å². The van der Waals surface area contributed by atoms with E-state index in [1.165, 1.54) is 12.8 Å². The van der Waals surface area contributed by atoms with Gasteiger partial charge in [-0.1, -0.05) is 19.1 Å². The Kier molecular flexibility index (Phi) is 6.72. The number of para-hydroxylation sites is 2. The van der Waals surface area contributed by atoms with E-state index in [4.69, 9.17) is 4.74 Å². The van der Waals surface area contributed by atoms with Crippen molar-refractivity contribution < 1.29 is 14.3 Å². The molecule has 1 N–H and O–H groups in total. The van der Waals surface area contributed by atoms with Crippen molar-refractivity contribution >= 4 is 17.5 Å². The third-order valence-corrected chi connectivity index (χ3v) is 5.56. The van der Waals surface area contributed by atoms with Crippen molar-refractivity contribution in [2.45, 2.75) is 33.1 Å². The molecule has 1 atom stereocenters. The van der Waals surface area contributed by atoms with Gasteiger partial charge >= 0.3 is 0 Å². The SMILES string of the molecule is CCOc1ccccc1N1CC(C(=O)NCCN2CCC(C)CC2)CC1=O. The summed E-state index contributed by atoms with van der Waals surface area (Å²) in [5.41, 5.74) is 0.752. The quantitative estimate of drug-likeness (QED) is 0.797. The first kappa shape index (κ1) is 19.7. The number of ether oxygens (including phenoxy) is 1. The summed E-state index contributed by atoms with van der Waals surface area (Å²) in [5.74, 6) is 1.16. The molecule has 0 aromatic heterocycles. The van der Waals surface area contributed by atoms with Gasteiger partial charge in [-0.2, -0.15) is 0 Å². The van der Waals surface area contributed by atoms with Crippen molar-refractivity contribution in [3.63, 3.8) is 0 Å². The average molecular weight is 373 g/mol. The van der Waals surface area contributed by atoms with Gasteiger partial charge < -0.3 is 19.9 Å². The topological polar surface area (TPSA) is 61.9 Å². The Morgan fingerprint density at radius 1 is 1.26 bits per heavy atom. The minimum Gasteiger partial charge on any atom is -0.492 e. The van der Waals surface area contributed by atoms with Gasteiger partial charge in [0.05, 0.1) is 18.2 Å². The van der Waals surface area contributed by atoms with Crippen LogP contribution in [0.4, 0.5) is 5.69 Å². The molecule has 0 aliphatic carbocycles. The molecule has 2 saturated heterocycles. The number of likely N-dealkylation sites (tertiary alicyclic amines) is 1. The van der Waals surface area contributed by atoms with Crippen molar-refractivity contribution in [3.05, 3.63) is 24.3 Å². The molecule has 0 radical (unpaired) electrons. The highest BCUT2D eigenvalue weighted by molar-refractivity contribution is 6.01. The highest BCUT2D eigenvalue weighted by Crippen LogP contribution is 2.33. The molecule has 3 rings (SSSR count). The highest BCUT2D eigenvalue weighted by Gasteiger charge is 2.36. The molecule has 2 fully saturated rings. The van der Waals surface area contributed by atoms with Crippen LogP contribution in [0.1, 0.15) is 33.1 Å². The summed E-state index contributed by atoms with van der Waals surface area (Å²) in [5, 5.41) is 3.02. The van der Waals surface area contributed by atoms with Crippen LogP contribution in [0.25, 0.3) is 0 Å². The molecule has 1 aromatic carbocycles. The Morgan fingerprint density at radius 2 is 2.00 bits per heavy atom. The molecular weight excluding hydrogens is 342 g/mol. The van der Waals surface area contributed by atoms with E-state index in [9.17, 15) is 9.59 Å². The number of hydrogen-bond acceptors (Lipinski definition) is 4. The number of benzene rings is 1. The Bertz CT molecular complexity index is 656. The van der Waals surface area contributed by atoms with Gasteiger partial charge in [-0.25, -0.2) is 0 Å². The Morgan fingerprint density at radius 3 is 2.74 bits per heavy atom. The summed E-state index contributed by atoms with van der Waals surface area (Å²) in [4.78, 5) is 29.1. The van der Waals surface area contributed by atoms with Crippen LogP contribution in [0.2, 0.25) is 0 Å². The van der Waals surface area contributed by atoms with Crippen LogP contribution in [-0.4, -0.2) is 56.0 Å². The molecule has 1 aromatic rings. The summed E-state index contributed by atoms with van der Waals surface area (Å²) in [6.45, 7) is 8.92. The van der Waals surface area contributed by atoms with Gasteiger partial charge in [0, 0.05) is 26.1 Å². The zero-order valence-electron chi connectivity index (χ0n) is 16.4. The number of nitrogens with zero attached hydrogens (tertiary/aromatic N) is 2. The molecule has 0 saturated carbocycles. The summed E-state index contributed by atoms with van der Waals surface area (Å²) >= 11 is 0. The number of amides is 2. The molecule has 2 amide bonds. The van der Waals surface area contributed by atoms with Gasteiger partial charge in [-0.15, -0.1) is 0 Å². The van der Waals surface area contributed by atoms with Crippen LogP contribution < -0.4 is 15.0 Å². The normalized spacial score (nSPS) is 21.5. The van der Waals surface area contributed by atoms with Crippen LogP contribution >= 0.6 is 0 Å². The number of anilines is 1. The summed E-state index contributed by atoms with van der Waals surface area (Å²) in [6, 6.07) is 7.51. The van der Waals surface area contributed by atoms with Gasteiger partial charge in [-0.05, 0) is 50.9 Å². The van der Waals surface area contributed by atoms with Crippen LogP contribution in [0.5, 0.6) is 5.75 Å². The predicted molar refractivity (Wildman–Crippen MR) is 106 cm³/mol. The summed E-state index contributed by atoms with van der Waals surface area (Å²) in [7, 11) is 0. The Balaban J connectivity index is 1.50. The molecule has 2 aliphatic heterocycles. The number of carbonyl (C=O) groups is 2. The molecule has 2 aliphatic rings. The first-order valence-electron chi connectivity index (χ1n) is 10.1. The molecule has 1 unspecified atom stereocenters. The lowest BCUT2D eigenvalue weighted by molar-refractivity contribution is -0.126. The van der Waals surface area contributed by atoms with Crippen molar-refractivity contribution in [1.29, 1.82) is 0 Å². The Hall–Kier alpha value is -2.08. The number of nitrogens with one attached hydrogen (secondary N) is 1. The zero-order valence-corrected chi connectivity index (χ0v) is 16.4. The highest BCUT2D eigenvalue weighted by atomic mass is 16.5. The second-order valence-electron chi connectivity index (χ2n) is 7.62. The largest absolute Gasteiger partial charge is 0.492 e. The van der Waals surface area contributed by atoms with E-state index in [-0.39, 0.29) is 24.2 Å². The average Bonchev–Trinajstić information content (AvgIpc) is 3.06. The van der Waals surface area contributed by atoms with E-state index in [0.29, 0.717) is 25.4 Å². The molecule has 27 heavy (non-hydrogen) atoms. The lowest BCUT2D eigenvalue weighted by Gasteiger charge is -2.30. The minimum atomic E-state index is -0.298. The third-order valence-electron chi connectivity index (χ3n) is 5.56. The second kappa shape index (κ2) is 9.22. The maximum absolute atomic E-state index is 12.5. The molecule has 0 spiro atoms. The van der Waals surface area contributed by atoms with Crippen molar-refractivity contribution in [2.24, 2.45) is 11.8 Å². The van der Waals surface area contributed by atoms with Crippen LogP contribution in [0.15, 0.2) is 24.3 Å². The number of hydrogen-bond donors (Lipinski definition) is 1. The smallest absolute Gasteiger partial charge is 0.227 e. The first-order chi connectivity index (χ1) is 13.1. The van der Waals surface area contributed by atoms with Crippen LogP contribution in [0, 0.1) is 11.8 Å². The molecule has 148 valence electrons. The lowest BCUT2D eigenvalue weighted by Crippen LogP contribution is -2.41. The lowest BCUT2D eigenvalue weighted by atomic mass is 9.99. The fraction of sp³-hybridized carbons (Fsp3) is 0.619. The predicted octanol–water partition coefficient (Wildman–Crippen LogP) is 2.29. The Labute approximate surface area is 161 Å². The molecular formula is C21H31N3O3. The van der Waals surface area contributed by atoms with E-state index in [1.54, 1.807) is 4.90 Å². The fourth-order valence-corrected chi connectivity index (χ4v) is 3.84. The fourth-order valence-electron chi connectivity index (χ4n) is 3.84. The number of carbonyl (C=O) groups excluding carboxylic acids is 2. The standard InChI is InChI=1S/C21H31N3O3/c1-3-27-19-7-5-4-6-18(19)24-15-17(14-20(24)25)21(26)22-10-13-23-11-8-16(2)9-12-23/h4-7,16-17H,3,8-15H2,1-2H3,(H,22,26). The van der Waals surface area contributed by atoms with Gasteiger partial charge in [-0.3, -0.25) is 9.59 Å². The third kappa shape index (κ3) is 5.01. The van der Waals surface area contributed by atoms with Gasteiger partial charge in [0.2, 0.25) is 11.8 Å². The van der Waals surface area contributed by atoms with Crippen molar-refractivity contribution in [2.75, 3.05) is 44.2 Å². The van der Waals surface area contributed by atoms with Crippen molar-refractivity contribution in [3.8, 4) is 5.75 Å². The monoisotopic (exact) mass is 373 g/mol. The second-order valence-corrected chi connectivity index (χ2v) is 7.62. The summed E-state index contributed by atoms with van der Waals surface area (Å²) < 4.78 is 5.63. The van der Waals surface area contributed by atoms with Gasteiger partial charge in [0.25, 0.3) is 0 Å². The van der Waals surface area contributed by atoms with Gasteiger partial charge in [0.15, 0.2) is 0 Å². The zero-order chi connectivity index (χ0) is 19.2. The van der Waals surface area contributed by atoms with E-state index < -0.39 is 0 Å². The number of rotatable bonds is 7. The van der Waals surface area contributed by atoms with E-state index in [1.807, 2.05) is 31.2 Å². The van der Waals surface area contributed by atoms with E-state index >= 15 is 0 Å². The maximum atomic E-state index is 12.5. The molecule has 6 heteroatoms. The number of piperidine rings is 1. The molecule has 2 heterocycles. The van der Waals surface area contributed by atoms with E-state index in [2.05, 4.69) is 17.1 Å². The molecule has 6 nitrogen and oxygen atoms in total. The van der Waals surface area contributed by atoms with Crippen molar-refractivity contribution in [1.82, 2.24) is 10.2 Å². The maximum Gasteiger partial charge on any atom is 0.227 e. The van der Waals surface area contributed by atoms with Gasteiger partial charge in [0.1, 0.15) is 5.75 Å².